The highest BCUT2D eigenvalue weighted by Crippen LogP contribution is 2.29. The lowest BCUT2D eigenvalue weighted by atomic mass is 9.93. The molecule has 1 saturated heterocycles. The van der Waals surface area contributed by atoms with Gasteiger partial charge in [-0.05, 0) is 43.0 Å². The normalized spacial score (nSPS) is 20.8. The average molecular weight is 340 g/mol. The molecule has 1 aromatic rings. The highest BCUT2D eigenvalue weighted by Gasteiger charge is 2.33. The second-order valence-corrected chi connectivity index (χ2v) is 6.70. The van der Waals surface area contributed by atoms with Crippen molar-refractivity contribution >= 4 is 11.9 Å². The quantitative estimate of drug-likeness (QED) is 0.605. The van der Waals surface area contributed by atoms with Gasteiger partial charge < -0.3 is 24.3 Å². The Bertz CT molecular complexity index is 565. The fourth-order valence-electron chi connectivity index (χ4n) is 2.53. The van der Waals surface area contributed by atoms with Crippen LogP contribution in [0.1, 0.15) is 54.0 Å². The molecule has 0 bridgehead atoms. The van der Waals surface area contributed by atoms with Crippen LogP contribution in [-0.2, 0) is 4.74 Å². The molecule has 1 aliphatic rings. The molecule has 8 nitrogen and oxygen atoms in total. The van der Waals surface area contributed by atoms with Gasteiger partial charge in [0.15, 0.2) is 0 Å². The van der Waals surface area contributed by atoms with Crippen LogP contribution in [0.15, 0.2) is 12.5 Å². The Morgan fingerprint density at radius 2 is 2.04 bits per heavy atom. The predicted molar refractivity (Wildman–Crippen MR) is 90.9 cm³/mol. The van der Waals surface area contributed by atoms with Crippen LogP contribution in [0.4, 0.5) is 10.6 Å². The van der Waals surface area contributed by atoms with Crippen LogP contribution in [-0.4, -0.2) is 44.2 Å². The maximum absolute atomic E-state index is 12.2. The standard InChI is InChI=1S/C14H22N4O4.C2H6/c1-10-5-6-16(13(19)22-14(2,3)4)7-11(10)17-8-12(15-9-17)18(20)21;1-2/h8-11H,5-7H2,1-4H3;1-2H3. The number of aromatic nitrogens is 2. The SMILES string of the molecule is CC.CC1CCN(C(=O)OC(C)(C)C)CC1n1cnc([N+](=O)[O-])c1. The number of carbonyl (C=O) groups excluding carboxylic acids is 1. The van der Waals surface area contributed by atoms with Crippen molar-refractivity contribution in [1.82, 2.24) is 14.5 Å². The number of nitro groups is 1. The number of likely N-dealkylation sites (tertiary alicyclic amines) is 1. The van der Waals surface area contributed by atoms with E-state index in [0.717, 1.165) is 6.42 Å². The van der Waals surface area contributed by atoms with Crippen LogP contribution < -0.4 is 0 Å². The van der Waals surface area contributed by atoms with Crippen LogP contribution in [0, 0.1) is 16.0 Å². The molecule has 2 heterocycles. The molecule has 0 aromatic carbocycles. The fourth-order valence-corrected chi connectivity index (χ4v) is 2.53. The number of hydrogen-bond donors (Lipinski definition) is 0. The summed E-state index contributed by atoms with van der Waals surface area (Å²) in [5, 5.41) is 10.8. The van der Waals surface area contributed by atoms with Crippen LogP contribution in [0.5, 0.6) is 0 Å². The van der Waals surface area contributed by atoms with Gasteiger partial charge in [-0.1, -0.05) is 20.8 Å². The Hall–Kier alpha value is -2.12. The van der Waals surface area contributed by atoms with E-state index in [1.807, 2.05) is 34.6 Å². The zero-order valence-electron chi connectivity index (χ0n) is 15.4. The van der Waals surface area contributed by atoms with Crippen LogP contribution >= 0.6 is 0 Å². The van der Waals surface area contributed by atoms with Crippen LogP contribution in [0.3, 0.4) is 0 Å². The summed E-state index contributed by atoms with van der Waals surface area (Å²) in [6, 6.07) is -0.0394. The van der Waals surface area contributed by atoms with E-state index >= 15 is 0 Å². The van der Waals surface area contributed by atoms with Gasteiger partial charge in [-0.2, -0.15) is 0 Å². The van der Waals surface area contributed by atoms with Crippen molar-refractivity contribution in [3.05, 3.63) is 22.6 Å². The summed E-state index contributed by atoms with van der Waals surface area (Å²) in [7, 11) is 0. The molecule has 2 atom stereocenters. The van der Waals surface area contributed by atoms with Gasteiger partial charge in [-0.15, -0.1) is 0 Å². The monoisotopic (exact) mass is 340 g/mol. The summed E-state index contributed by atoms with van der Waals surface area (Å²) in [6.45, 7) is 12.6. The Labute approximate surface area is 143 Å². The van der Waals surface area contributed by atoms with E-state index in [0.29, 0.717) is 19.0 Å². The number of nitrogens with zero attached hydrogens (tertiary/aromatic N) is 4. The molecule has 2 rings (SSSR count). The molecule has 2 unspecified atom stereocenters. The largest absolute Gasteiger partial charge is 0.444 e. The molecule has 0 saturated carbocycles. The fraction of sp³-hybridized carbons (Fsp3) is 0.750. The third kappa shape index (κ3) is 5.21. The highest BCUT2D eigenvalue weighted by molar-refractivity contribution is 5.68. The topological polar surface area (TPSA) is 90.5 Å². The second-order valence-electron chi connectivity index (χ2n) is 6.70. The Kier molecular flexibility index (Phi) is 6.74. The minimum absolute atomic E-state index is 0.0394. The van der Waals surface area contributed by atoms with Gasteiger partial charge in [0.1, 0.15) is 11.8 Å². The number of piperidine rings is 1. The Morgan fingerprint density at radius 1 is 1.42 bits per heavy atom. The number of ether oxygens (including phenoxy) is 1. The van der Waals surface area contributed by atoms with E-state index in [1.165, 1.54) is 12.5 Å². The lowest BCUT2D eigenvalue weighted by Crippen LogP contribution is -2.45. The Morgan fingerprint density at radius 3 is 2.54 bits per heavy atom. The molecular weight excluding hydrogens is 312 g/mol. The zero-order chi connectivity index (χ0) is 18.5. The van der Waals surface area contributed by atoms with Crippen molar-refractivity contribution < 1.29 is 14.5 Å². The lowest BCUT2D eigenvalue weighted by molar-refractivity contribution is -0.389. The maximum Gasteiger partial charge on any atom is 0.410 e. The van der Waals surface area contributed by atoms with E-state index in [4.69, 9.17) is 4.74 Å². The van der Waals surface area contributed by atoms with Crippen molar-refractivity contribution in [2.75, 3.05) is 13.1 Å². The first-order chi connectivity index (χ1) is 11.2. The number of imidazole rings is 1. The summed E-state index contributed by atoms with van der Waals surface area (Å²) in [5.41, 5.74) is -0.538. The summed E-state index contributed by atoms with van der Waals surface area (Å²) >= 11 is 0. The molecule has 24 heavy (non-hydrogen) atoms. The van der Waals surface area contributed by atoms with Gasteiger partial charge in [-0.25, -0.2) is 4.79 Å². The average Bonchev–Trinajstić information content (AvgIpc) is 2.98. The van der Waals surface area contributed by atoms with Crippen molar-refractivity contribution in [2.45, 2.75) is 59.6 Å². The van der Waals surface area contributed by atoms with E-state index in [2.05, 4.69) is 11.9 Å². The lowest BCUT2D eigenvalue weighted by Gasteiger charge is -2.37. The second kappa shape index (κ2) is 8.12. The molecule has 0 radical (unpaired) electrons. The zero-order valence-corrected chi connectivity index (χ0v) is 15.4. The van der Waals surface area contributed by atoms with E-state index in [-0.39, 0.29) is 18.0 Å². The maximum atomic E-state index is 12.2. The van der Waals surface area contributed by atoms with Crippen molar-refractivity contribution in [1.29, 1.82) is 0 Å². The van der Waals surface area contributed by atoms with Crippen molar-refractivity contribution in [3.63, 3.8) is 0 Å². The predicted octanol–water partition coefficient (Wildman–Crippen LogP) is 3.64. The van der Waals surface area contributed by atoms with E-state index < -0.39 is 10.5 Å². The summed E-state index contributed by atoms with van der Waals surface area (Å²) in [6.07, 6.45) is 3.34. The highest BCUT2D eigenvalue weighted by atomic mass is 16.6. The minimum Gasteiger partial charge on any atom is -0.444 e. The van der Waals surface area contributed by atoms with Gasteiger partial charge in [-0.3, -0.25) is 0 Å². The summed E-state index contributed by atoms with van der Waals surface area (Å²) in [4.78, 5) is 27.9. The van der Waals surface area contributed by atoms with Gasteiger partial charge in [0.05, 0.1) is 6.04 Å². The number of amides is 1. The number of carbonyl (C=O) groups is 1. The van der Waals surface area contributed by atoms with Gasteiger partial charge in [0.25, 0.3) is 0 Å². The summed E-state index contributed by atoms with van der Waals surface area (Å²) < 4.78 is 7.12. The van der Waals surface area contributed by atoms with Gasteiger partial charge in [0, 0.05) is 13.1 Å². The Balaban J connectivity index is 0.00000139. The molecule has 1 aromatic heterocycles. The molecule has 0 aliphatic carbocycles. The van der Waals surface area contributed by atoms with E-state index in [9.17, 15) is 14.9 Å². The van der Waals surface area contributed by atoms with Crippen molar-refractivity contribution in [2.24, 2.45) is 5.92 Å². The molecule has 1 amide bonds. The van der Waals surface area contributed by atoms with E-state index in [1.54, 1.807) is 9.47 Å². The number of rotatable bonds is 2. The van der Waals surface area contributed by atoms with Crippen molar-refractivity contribution in [3.8, 4) is 0 Å². The smallest absolute Gasteiger partial charge is 0.410 e. The molecule has 136 valence electrons. The third-order valence-electron chi connectivity index (χ3n) is 3.73. The first-order valence-corrected chi connectivity index (χ1v) is 8.33. The molecule has 8 heteroatoms. The molecular formula is C16H28N4O4. The molecule has 0 spiro atoms. The molecule has 1 aliphatic heterocycles. The first-order valence-electron chi connectivity index (χ1n) is 8.33. The number of hydrogen-bond acceptors (Lipinski definition) is 5. The first kappa shape index (κ1) is 19.9. The third-order valence-corrected chi connectivity index (χ3v) is 3.73. The van der Waals surface area contributed by atoms with Gasteiger partial charge in [0.2, 0.25) is 6.33 Å². The summed E-state index contributed by atoms with van der Waals surface area (Å²) in [5.74, 6) is 0.120. The van der Waals surface area contributed by atoms with Gasteiger partial charge >= 0.3 is 11.9 Å². The molecule has 0 N–H and O–H groups in total. The molecule has 1 fully saturated rings. The minimum atomic E-state index is -0.538. The van der Waals surface area contributed by atoms with Crippen LogP contribution in [0.25, 0.3) is 0 Å². The van der Waals surface area contributed by atoms with Crippen LogP contribution in [0.2, 0.25) is 0 Å².